The van der Waals surface area contributed by atoms with Gasteiger partial charge in [-0.2, -0.15) is 0 Å². The molecule has 9 heavy (non-hydrogen) atoms. The molecule has 0 aliphatic carbocycles. The molecular weight excluding hydrogens is 313 g/mol. The first-order valence-electron chi connectivity index (χ1n) is 2.65. The van der Waals surface area contributed by atoms with Crippen LogP contribution in [-0.2, 0) is 26.2 Å². The zero-order chi connectivity index (χ0) is 6.15. The van der Waals surface area contributed by atoms with E-state index < -0.39 is 0 Å². The fourth-order valence-electron chi connectivity index (χ4n) is 0.562. The van der Waals surface area contributed by atoms with E-state index in [1.807, 2.05) is 0 Å². The summed E-state index contributed by atoms with van der Waals surface area (Å²) in [6.07, 6.45) is 0. The Morgan fingerprint density at radius 1 is 1.11 bits per heavy atom. The van der Waals surface area contributed by atoms with E-state index in [4.69, 9.17) is 0 Å². The van der Waals surface area contributed by atoms with Gasteiger partial charge in [0.2, 0.25) is 0 Å². The van der Waals surface area contributed by atoms with Crippen molar-refractivity contribution in [3.05, 3.63) is 9.93 Å². The van der Waals surface area contributed by atoms with E-state index in [0.717, 1.165) is 0 Å². The molecular formula is C6H9As2Zr. The van der Waals surface area contributed by atoms with Gasteiger partial charge in [0.15, 0.2) is 0 Å². The third-order valence-electron chi connectivity index (χ3n) is 1.44. The molecule has 47 valence electrons. The second-order valence-corrected chi connectivity index (χ2v) is 10.0. The molecule has 1 radical (unpaired) electrons. The summed E-state index contributed by atoms with van der Waals surface area (Å²) < 4.78 is 3.44. The summed E-state index contributed by atoms with van der Waals surface area (Å²) >= 11 is 1.33. The van der Waals surface area contributed by atoms with Crippen molar-refractivity contribution in [3.63, 3.8) is 0 Å². The molecule has 3 heteroatoms. The molecule has 0 nitrogen and oxygen atoms in total. The average molecular weight is 322 g/mol. The van der Waals surface area contributed by atoms with Gasteiger partial charge >= 0.3 is 61.9 Å². The van der Waals surface area contributed by atoms with Crippen LogP contribution in [0, 0.1) is 0 Å². The summed E-state index contributed by atoms with van der Waals surface area (Å²) in [5.41, 5.74) is 1.63. The first kappa shape index (κ1) is 10.6. The maximum atomic E-state index is 2.29. The van der Waals surface area contributed by atoms with Gasteiger partial charge in [0.1, 0.15) is 0 Å². The fraction of sp³-hybridized carbons (Fsp3) is 0.500. The summed E-state index contributed by atoms with van der Waals surface area (Å²) in [6.45, 7) is 6.85. The van der Waals surface area contributed by atoms with Gasteiger partial charge in [-0.1, -0.05) is 0 Å². The number of hydrogen-bond acceptors (Lipinski definition) is 0. The van der Waals surface area contributed by atoms with Gasteiger partial charge in [0.25, 0.3) is 0 Å². The molecule has 0 N–H and O–H groups in total. The summed E-state index contributed by atoms with van der Waals surface area (Å²) in [5.74, 6) is 0. The van der Waals surface area contributed by atoms with E-state index in [0.29, 0.717) is 26.9 Å². The van der Waals surface area contributed by atoms with Gasteiger partial charge in [-0.05, 0) is 0 Å². The van der Waals surface area contributed by atoms with Gasteiger partial charge in [0, 0.05) is 26.2 Å². The van der Waals surface area contributed by atoms with Crippen molar-refractivity contribution >= 4 is 31.2 Å². The van der Waals surface area contributed by atoms with Crippen LogP contribution in [0.5, 0.6) is 0 Å². The minimum atomic E-state index is 0. The summed E-state index contributed by atoms with van der Waals surface area (Å²) in [7, 11) is 0. The Labute approximate surface area is 87.2 Å². The van der Waals surface area contributed by atoms with E-state index in [1.165, 1.54) is 0 Å². The third-order valence-corrected chi connectivity index (χ3v) is 11.9. The Kier molecular flexibility index (Phi) is 5.28. The molecule has 1 rings (SSSR count). The molecule has 1 aliphatic rings. The molecule has 1 aliphatic heterocycles. The first-order valence-corrected chi connectivity index (χ1v) is 9.72. The van der Waals surface area contributed by atoms with Crippen LogP contribution in [0.1, 0.15) is 20.8 Å². The van der Waals surface area contributed by atoms with Gasteiger partial charge in [-0.3, -0.25) is 0 Å². The van der Waals surface area contributed by atoms with Gasteiger partial charge in [0.05, 0.1) is 0 Å². The minimum absolute atomic E-state index is 0. The molecule has 0 atom stereocenters. The number of allylic oxidation sites excluding steroid dienone is 2. The molecule has 1 heterocycles. The van der Waals surface area contributed by atoms with Crippen molar-refractivity contribution in [1.29, 1.82) is 0 Å². The Hall–Kier alpha value is 1.61. The molecule has 0 saturated carbocycles. The molecule has 0 spiro atoms. The van der Waals surface area contributed by atoms with Crippen LogP contribution in [0.3, 0.4) is 0 Å². The van der Waals surface area contributed by atoms with Crippen molar-refractivity contribution in [1.82, 2.24) is 0 Å². The maximum absolute atomic E-state index is 2.29. The second kappa shape index (κ2) is 4.48. The van der Waals surface area contributed by atoms with Crippen LogP contribution < -0.4 is 0 Å². The van der Waals surface area contributed by atoms with Crippen molar-refractivity contribution in [2.45, 2.75) is 20.8 Å². The second-order valence-electron chi connectivity index (χ2n) is 2.00. The summed E-state index contributed by atoms with van der Waals surface area (Å²) in [6, 6.07) is 0. The Balaban J connectivity index is 0.000000640. The minimum Gasteiger partial charge on any atom is 0 e. The van der Waals surface area contributed by atoms with E-state index in [1.54, 1.807) is 14.2 Å². The molecule has 0 aromatic rings. The van der Waals surface area contributed by atoms with E-state index >= 15 is 0 Å². The van der Waals surface area contributed by atoms with Gasteiger partial charge in [-0.15, -0.1) is 0 Å². The van der Waals surface area contributed by atoms with E-state index in [2.05, 4.69) is 20.8 Å². The molecule has 0 bridgehead atoms. The van der Waals surface area contributed by atoms with Gasteiger partial charge in [-0.25, -0.2) is 0 Å². The summed E-state index contributed by atoms with van der Waals surface area (Å²) in [4.78, 5) is 0. The monoisotopic (exact) mass is 321 g/mol. The van der Waals surface area contributed by atoms with Crippen molar-refractivity contribution < 1.29 is 26.2 Å². The Morgan fingerprint density at radius 3 is 1.78 bits per heavy atom. The van der Waals surface area contributed by atoms with Crippen LogP contribution >= 0.6 is 0 Å². The SMILES string of the molecule is CC1=[As][As]C(C)=C1C.[Zr]. The Morgan fingerprint density at radius 2 is 1.67 bits per heavy atom. The predicted octanol–water partition coefficient (Wildman–Crippen LogP) is 0.807. The quantitative estimate of drug-likeness (QED) is 0.579. The normalized spacial score (nSPS) is 21.9. The molecule has 0 unspecified atom stereocenters. The first-order chi connectivity index (χ1) is 3.72. The van der Waals surface area contributed by atoms with Crippen LogP contribution in [0.15, 0.2) is 9.93 Å². The van der Waals surface area contributed by atoms with Crippen LogP contribution in [0.4, 0.5) is 0 Å². The molecule has 0 saturated heterocycles. The Bertz CT molecular complexity index is 164. The molecule has 0 aromatic heterocycles. The number of hydrogen-bond donors (Lipinski definition) is 0. The van der Waals surface area contributed by atoms with Crippen molar-refractivity contribution in [2.75, 3.05) is 0 Å². The zero-order valence-corrected chi connectivity index (χ0v) is 12.1. The van der Waals surface area contributed by atoms with E-state index in [-0.39, 0.29) is 26.2 Å². The molecule has 0 aromatic carbocycles. The largest absolute Gasteiger partial charge is 0 e. The molecule has 0 fully saturated rings. The molecule has 0 amide bonds. The maximum Gasteiger partial charge on any atom is 0 e. The van der Waals surface area contributed by atoms with E-state index in [9.17, 15) is 0 Å². The van der Waals surface area contributed by atoms with Crippen LogP contribution in [-0.4, -0.2) is 31.2 Å². The standard InChI is InChI=1S/C6H9As2.Zr/c1-4-5(2)7-8-6(4)3;/h1-3H3;. The summed E-state index contributed by atoms with van der Waals surface area (Å²) in [5, 5.41) is 0. The van der Waals surface area contributed by atoms with Crippen LogP contribution in [0.2, 0.25) is 0 Å². The third kappa shape index (κ3) is 2.61. The van der Waals surface area contributed by atoms with Gasteiger partial charge < -0.3 is 0 Å². The van der Waals surface area contributed by atoms with Crippen LogP contribution in [0.25, 0.3) is 0 Å². The zero-order valence-electron chi connectivity index (χ0n) is 5.89. The average Bonchev–Trinajstić information content (AvgIpc) is 1.98. The fourth-order valence-corrected chi connectivity index (χ4v) is 9.48. The van der Waals surface area contributed by atoms with Crippen molar-refractivity contribution in [2.24, 2.45) is 0 Å². The predicted molar refractivity (Wildman–Crippen MR) is 40.6 cm³/mol. The number of rotatable bonds is 0. The smallest absolute Gasteiger partial charge is 0 e. The van der Waals surface area contributed by atoms with Crippen molar-refractivity contribution in [3.8, 4) is 0 Å². The topological polar surface area (TPSA) is 0 Å².